The fourth-order valence-corrected chi connectivity index (χ4v) is 2.23. The molecule has 0 aliphatic rings. The van der Waals surface area contributed by atoms with Crippen LogP contribution in [0.4, 0.5) is 13.2 Å². The molecule has 0 saturated carbocycles. The lowest BCUT2D eigenvalue weighted by molar-refractivity contribution is 0.569. The summed E-state index contributed by atoms with van der Waals surface area (Å²) in [7, 11) is 0. The molecule has 0 amide bonds. The Bertz CT molecular complexity index is 904. The Morgan fingerprint density at radius 1 is 1.05 bits per heavy atom. The van der Waals surface area contributed by atoms with Crippen molar-refractivity contribution in [3.8, 4) is 5.69 Å². The van der Waals surface area contributed by atoms with Crippen LogP contribution in [0.25, 0.3) is 16.7 Å². The largest absolute Gasteiger partial charge is 0.293 e. The number of fused-ring (bicyclic) bond motifs is 1. The lowest BCUT2D eigenvalue weighted by Crippen LogP contribution is -2.22. The van der Waals surface area contributed by atoms with E-state index in [4.69, 9.17) is 11.6 Å². The van der Waals surface area contributed by atoms with Gasteiger partial charge in [0.25, 0.3) is 5.56 Å². The zero-order chi connectivity index (χ0) is 15.1. The number of hydrogen-bond acceptors (Lipinski definition) is 2. The predicted molar refractivity (Wildman–Crippen MR) is 72.2 cm³/mol. The van der Waals surface area contributed by atoms with E-state index in [-0.39, 0.29) is 11.0 Å². The third-order valence-electron chi connectivity index (χ3n) is 2.94. The van der Waals surface area contributed by atoms with Crippen LogP contribution in [0, 0.1) is 17.5 Å². The monoisotopic (exact) mass is 310 g/mol. The van der Waals surface area contributed by atoms with E-state index in [2.05, 4.69) is 4.98 Å². The molecule has 0 aliphatic carbocycles. The summed E-state index contributed by atoms with van der Waals surface area (Å²) >= 11 is 5.69. The van der Waals surface area contributed by atoms with Crippen LogP contribution in [0.15, 0.2) is 41.2 Å². The van der Waals surface area contributed by atoms with Gasteiger partial charge in [-0.05, 0) is 24.3 Å². The van der Waals surface area contributed by atoms with E-state index in [1.165, 1.54) is 12.1 Å². The van der Waals surface area contributed by atoms with E-state index in [1.807, 2.05) is 0 Å². The van der Waals surface area contributed by atoms with Gasteiger partial charge < -0.3 is 0 Å². The highest BCUT2D eigenvalue weighted by atomic mass is 35.5. The Morgan fingerprint density at radius 3 is 2.38 bits per heavy atom. The van der Waals surface area contributed by atoms with Crippen LogP contribution in [0.2, 0.25) is 5.15 Å². The summed E-state index contributed by atoms with van der Waals surface area (Å²) in [6.45, 7) is 0. The van der Waals surface area contributed by atoms with E-state index in [9.17, 15) is 18.0 Å². The van der Waals surface area contributed by atoms with Crippen molar-refractivity contribution in [1.29, 1.82) is 0 Å². The second-order valence-corrected chi connectivity index (χ2v) is 4.60. The van der Waals surface area contributed by atoms with Crippen LogP contribution in [0.3, 0.4) is 0 Å². The summed E-state index contributed by atoms with van der Waals surface area (Å²) in [5.74, 6) is -2.49. The van der Waals surface area contributed by atoms with Gasteiger partial charge in [-0.15, -0.1) is 0 Å². The smallest absolute Gasteiger partial charge is 0.267 e. The summed E-state index contributed by atoms with van der Waals surface area (Å²) in [5, 5.41) is -0.504. The lowest BCUT2D eigenvalue weighted by Gasteiger charge is -2.12. The fraction of sp³-hybridized carbons (Fsp3) is 0. The quantitative estimate of drug-likeness (QED) is 0.690. The molecule has 0 fully saturated rings. The second kappa shape index (κ2) is 4.89. The van der Waals surface area contributed by atoms with Crippen molar-refractivity contribution >= 4 is 22.6 Å². The molecule has 0 saturated heterocycles. The summed E-state index contributed by atoms with van der Waals surface area (Å²) in [6, 6.07) is 6.48. The highest BCUT2D eigenvalue weighted by molar-refractivity contribution is 6.29. The zero-order valence-corrected chi connectivity index (χ0v) is 11.0. The van der Waals surface area contributed by atoms with Crippen molar-refractivity contribution in [2.24, 2.45) is 0 Å². The van der Waals surface area contributed by atoms with Gasteiger partial charge in [0, 0.05) is 6.07 Å². The minimum Gasteiger partial charge on any atom is -0.267 e. The third kappa shape index (κ3) is 2.17. The van der Waals surface area contributed by atoms with Gasteiger partial charge in [-0.1, -0.05) is 17.7 Å². The summed E-state index contributed by atoms with van der Waals surface area (Å²) in [5.41, 5.74) is -1.40. The topological polar surface area (TPSA) is 34.9 Å². The van der Waals surface area contributed by atoms with Crippen LogP contribution < -0.4 is 5.56 Å². The molecule has 0 radical (unpaired) electrons. The minimum absolute atomic E-state index is 0.0160. The Hall–Kier alpha value is -2.34. The molecule has 0 N–H and O–H groups in total. The first-order chi connectivity index (χ1) is 9.99. The summed E-state index contributed by atoms with van der Waals surface area (Å²) in [6.07, 6.45) is 0. The molecule has 0 bridgehead atoms. The Kier molecular flexibility index (Phi) is 3.17. The molecule has 1 aromatic heterocycles. The molecule has 2 aromatic carbocycles. The van der Waals surface area contributed by atoms with Crippen LogP contribution in [-0.2, 0) is 0 Å². The van der Waals surface area contributed by atoms with Gasteiger partial charge in [-0.3, -0.25) is 9.36 Å². The number of nitrogens with zero attached hydrogens (tertiary/aromatic N) is 2. The molecule has 0 aliphatic heterocycles. The lowest BCUT2D eigenvalue weighted by atomic mass is 10.2. The van der Waals surface area contributed by atoms with Gasteiger partial charge in [0.1, 0.15) is 23.1 Å². The Labute approximate surface area is 121 Å². The van der Waals surface area contributed by atoms with Gasteiger partial charge in [-0.2, -0.15) is 0 Å². The molecular formula is C14H6ClF3N2O. The van der Waals surface area contributed by atoms with Gasteiger partial charge in [0.05, 0.1) is 11.0 Å². The molecule has 0 unspecified atom stereocenters. The molecule has 0 atom stereocenters. The Morgan fingerprint density at radius 2 is 1.71 bits per heavy atom. The van der Waals surface area contributed by atoms with Crippen LogP contribution >= 0.6 is 11.6 Å². The van der Waals surface area contributed by atoms with Crippen molar-refractivity contribution < 1.29 is 13.2 Å². The number of para-hydroxylation sites is 1. The predicted octanol–water partition coefficient (Wildman–Crippen LogP) is 3.46. The number of aromatic nitrogens is 2. The summed E-state index contributed by atoms with van der Waals surface area (Å²) in [4.78, 5) is 15.8. The maximum atomic E-state index is 13.9. The van der Waals surface area contributed by atoms with E-state index < -0.39 is 33.9 Å². The highest BCUT2D eigenvalue weighted by Crippen LogP contribution is 2.22. The molecule has 0 spiro atoms. The van der Waals surface area contributed by atoms with Crippen LogP contribution in [0.1, 0.15) is 0 Å². The van der Waals surface area contributed by atoms with E-state index in [0.29, 0.717) is 0 Å². The van der Waals surface area contributed by atoms with Crippen LogP contribution in [-0.4, -0.2) is 9.55 Å². The van der Waals surface area contributed by atoms with Crippen molar-refractivity contribution in [1.82, 2.24) is 9.55 Å². The molecular weight excluding hydrogens is 305 g/mol. The van der Waals surface area contributed by atoms with Gasteiger partial charge in [0.2, 0.25) is 0 Å². The standard InChI is InChI=1S/C14H6ClF3N2O/c15-13-14(21)20(12-8(17)2-1-3-9(12)18)11-5-4-7(16)6-10(11)19-13/h1-6H. The van der Waals surface area contributed by atoms with Crippen molar-refractivity contribution in [2.75, 3.05) is 0 Å². The average Bonchev–Trinajstić information content (AvgIpc) is 2.42. The van der Waals surface area contributed by atoms with Crippen LogP contribution in [0.5, 0.6) is 0 Å². The van der Waals surface area contributed by atoms with Gasteiger partial charge in [-0.25, -0.2) is 18.2 Å². The maximum absolute atomic E-state index is 13.9. The van der Waals surface area contributed by atoms with E-state index >= 15 is 0 Å². The highest BCUT2D eigenvalue weighted by Gasteiger charge is 2.18. The van der Waals surface area contributed by atoms with Gasteiger partial charge in [0.15, 0.2) is 5.15 Å². The zero-order valence-electron chi connectivity index (χ0n) is 10.3. The SMILES string of the molecule is O=c1c(Cl)nc2cc(F)ccc2n1-c1c(F)cccc1F. The van der Waals surface area contributed by atoms with Crippen molar-refractivity contribution in [3.05, 3.63) is 69.4 Å². The fourth-order valence-electron chi connectivity index (χ4n) is 2.06. The molecule has 3 rings (SSSR count). The average molecular weight is 311 g/mol. The van der Waals surface area contributed by atoms with Crippen molar-refractivity contribution in [2.45, 2.75) is 0 Å². The third-order valence-corrected chi connectivity index (χ3v) is 3.18. The van der Waals surface area contributed by atoms with Crippen molar-refractivity contribution in [3.63, 3.8) is 0 Å². The Balaban J connectivity index is 2.53. The number of rotatable bonds is 1. The number of benzene rings is 2. The molecule has 106 valence electrons. The maximum Gasteiger partial charge on any atom is 0.293 e. The normalized spacial score (nSPS) is 11.0. The van der Waals surface area contributed by atoms with E-state index in [1.54, 1.807) is 0 Å². The van der Waals surface area contributed by atoms with E-state index in [0.717, 1.165) is 28.8 Å². The molecule has 7 heteroatoms. The minimum atomic E-state index is -0.940. The molecule has 1 heterocycles. The molecule has 3 nitrogen and oxygen atoms in total. The number of halogens is 4. The molecule has 3 aromatic rings. The second-order valence-electron chi connectivity index (χ2n) is 4.25. The van der Waals surface area contributed by atoms with Gasteiger partial charge >= 0.3 is 0 Å². The number of hydrogen-bond donors (Lipinski definition) is 0. The molecule has 21 heavy (non-hydrogen) atoms. The summed E-state index contributed by atoms with van der Waals surface area (Å²) < 4.78 is 41.8. The first kappa shape index (κ1) is 13.6. The first-order valence-electron chi connectivity index (χ1n) is 5.81. The first-order valence-corrected chi connectivity index (χ1v) is 6.19.